The lowest BCUT2D eigenvalue weighted by molar-refractivity contribution is 1.03. The predicted molar refractivity (Wildman–Crippen MR) is 52.0 cm³/mol. The molecule has 0 aliphatic heterocycles. The molecule has 1 aromatic carbocycles. The number of benzene rings is 1. The molecule has 61 valence electrons. The van der Waals surface area contributed by atoms with E-state index in [1.807, 2.05) is 6.07 Å². The summed E-state index contributed by atoms with van der Waals surface area (Å²) in [4.78, 5) is 0. The van der Waals surface area contributed by atoms with Crippen LogP contribution in [0.2, 0.25) is 0 Å². The Morgan fingerprint density at radius 3 is 2.58 bits per heavy atom. The van der Waals surface area contributed by atoms with Crippen molar-refractivity contribution in [2.45, 2.75) is 26.7 Å². The molecular weight excluding hydrogens is 144 g/mol. The van der Waals surface area contributed by atoms with Crippen LogP contribution in [0.3, 0.4) is 0 Å². The minimum absolute atomic E-state index is 0.865. The van der Waals surface area contributed by atoms with E-state index in [1.54, 1.807) is 0 Å². The topological polar surface area (TPSA) is 0 Å². The van der Waals surface area contributed by atoms with Gasteiger partial charge in [0.25, 0.3) is 0 Å². The molecule has 0 saturated carbocycles. The third-order valence-corrected chi connectivity index (χ3v) is 2.01. The largest absolute Gasteiger partial charge is 0.115 e. The van der Waals surface area contributed by atoms with E-state index in [0.29, 0.717) is 0 Å². The smallest absolute Gasteiger partial charge is 0.0324 e. The Kier molecular flexibility index (Phi) is 2.94. The summed E-state index contributed by atoms with van der Waals surface area (Å²) in [6.45, 7) is 4.28. The number of rotatable bonds is 2. The van der Waals surface area contributed by atoms with Gasteiger partial charge < -0.3 is 0 Å². The lowest BCUT2D eigenvalue weighted by Crippen LogP contribution is -1.91. The first-order chi connectivity index (χ1) is 5.81. The fourth-order valence-electron chi connectivity index (χ4n) is 1.30. The molecular formula is C12H13. The van der Waals surface area contributed by atoms with Gasteiger partial charge in [0, 0.05) is 11.6 Å². The Balaban J connectivity index is 3.13. The van der Waals surface area contributed by atoms with E-state index in [1.165, 1.54) is 11.1 Å². The maximum Gasteiger partial charge on any atom is 0.0324 e. The number of hydrogen-bond donors (Lipinski definition) is 0. The van der Waals surface area contributed by atoms with E-state index in [-0.39, 0.29) is 0 Å². The first-order valence-corrected chi connectivity index (χ1v) is 4.32. The van der Waals surface area contributed by atoms with Crippen molar-refractivity contribution in [1.29, 1.82) is 0 Å². The van der Waals surface area contributed by atoms with Crippen molar-refractivity contribution < 1.29 is 0 Å². The quantitative estimate of drug-likeness (QED) is 0.579. The molecule has 1 radical (unpaired) electrons. The summed E-state index contributed by atoms with van der Waals surface area (Å²) < 4.78 is 0. The van der Waals surface area contributed by atoms with Gasteiger partial charge in [0.15, 0.2) is 0 Å². The first kappa shape index (κ1) is 8.87. The van der Waals surface area contributed by atoms with Gasteiger partial charge in [-0.05, 0) is 30.0 Å². The summed E-state index contributed by atoms with van der Waals surface area (Å²) in [7, 11) is 0. The van der Waals surface area contributed by atoms with Crippen molar-refractivity contribution >= 4 is 0 Å². The molecule has 0 amide bonds. The number of aryl methyl sites for hydroxylation is 2. The van der Waals surface area contributed by atoms with Crippen LogP contribution in [0.4, 0.5) is 0 Å². The zero-order valence-corrected chi connectivity index (χ0v) is 7.65. The van der Waals surface area contributed by atoms with Crippen molar-refractivity contribution in [3.05, 3.63) is 34.9 Å². The monoisotopic (exact) mass is 157 g/mol. The molecule has 0 spiro atoms. The third kappa shape index (κ3) is 1.68. The highest BCUT2D eigenvalue weighted by atomic mass is 14.0. The molecule has 0 unspecified atom stereocenters. The van der Waals surface area contributed by atoms with Gasteiger partial charge in [-0.1, -0.05) is 25.8 Å². The van der Waals surface area contributed by atoms with Crippen LogP contribution in [0.5, 0.6) is 0 Å². The lowest BCUT2D eigenvalue weighted by Gasteiger charge is -2.04. The highest BCUT2D eigenvalue weighted by Gasteiger charge is 1.99. The van der Waals surface area contributed by atoms with Crippen LogP contribution in [-0.4, -0.2) is 0 Å². The Morgan fingerprint density at radius 1 is 1.33 bits per heavy atom. The highest BCUT2D eigenvalue weighted by Crippen LogP contribution is 2.11. The second-order valence-electron chi connectivity index (χ2n) is 2.73. The predicted octanol–water partition coefficient (Wildman–Crippen LogP) is 2.59. The van der Waals surface area contributed by atoms with E-state index in [0.717, 1.165) is 18.4 Å². The van der Waals surface area contributed by atoms with Gasteiger partial charge in [-0.3, -0.25) is 0 Å². The molecule has 0 nitrogen and oxygen atoms in total. The van der Waals surface area contributed by atoms with Gasteiger partial charge in [-0.25, -0.2) is 0 Å². The summed E-state index contributed by atoms with van der Waals surface area (Å²) in [5.74, 6) is 2.60. The Morgan fingerprint density at radius 2 is 2.08 bits per heavy atom. The van der Waals surface area contributed by atoms with Crippen molar-refractivity contribution in [3.63, 3.8) is 0 Å². The average Bonchev–Trinajstić information content (AvgIpc) is 2.16. The van der Waals surface area contributed by atoms with E-state index in [9.17, 15) is 0 Å². The Labute approximate surface area is 74.6 Å². The maximum absolute atomic E-state index is 5.28. The zero-order chi connectivity index (χ0) is 8.97. The van der Waals surface area contributed by atoms with Gasteiger partial charge in [0.05, 0.1) is 0 Å². The van der Waals surface area contributed by atoms with E-state index < -0.39 is 0 Å². The van der Waals surface area contributed by atoms with Crippen LogP contribution >= 0.6 is 0 Å². The highest BCUT2D eigenvalue weighted by molar-refractivity contribution is 5.38. The molecule has 0 atom stereocenters. The second-order valence-corrected chi connectivity index (χ2v) is 2.73. The van der Waals surface area contributed by atoms with Gasteiger partial charge in [-0.15, -0.1) is 6.42 Å². The number of terminal acetylenes is 1. The molecule has 0 heterocycles. The fourth-order valence-corrected chi connectivity index (χ4v) is 1.30. The SMILES string of the molecule is C#Cc1[c]c(CC)c(CC)cc1. The summed E-state index contributed by atoms with van der Waals surface area (Å²) in [6, 6.07) is 7.29. The van der Waals surface area contributed by atoms with Crippen LogP contribution in [0, 0.1) is 18.4 Å². The van der Waals surface area contributed by atoms with Gasteiger partial charge in [-0.2, -0.15) is 0 Å². The van der Waals surface area contributed by atoms with Crippen molar-refractivity contribution in [2.24, 2.45) is 0 Å². The molecule has 0 bridgehead atoms. The Hall–Kier alpha value is -1.22. The van der Waals surface area contributed by atoms with Crippen LogP contribution in [0.15, 0.2) is 12.1 Å². The maximum atomic E-state index is 5.28. The molecule has 0 aromatic heterocycles. The van der Waals surface area contributed by atoms with Crippen molar-refractivity contribution in [1.82, 2.24) is 0 Å². The third-order valence-electron chi connectivity index (χ3n) is 2.01. The van der Waals surface area contributed by atoms with E-state index in [4.69, 9.17) is 6.42 Å². The standard InChI is InChI=1S/C12H13/c1-4-10-7-8-11(5-2)12(6-3)9-10/h1,7-8H,5-6H2,2-3H3. The molecule has 0 heteroatoms. The van der Waals surface area contributed by atoms with Gasteiger partial charge in [0.1, 0.15) is 0 Å². The van der Waals surface area contributed by atoms with Gasteiger partial charge in [0.2, 0.25) is 0 Å². The van der Waals surface area contributed by atoms with Crippen molar-refractivity contribution in [3.8, 4) is 12.3 Å². The van der Waals surface area contributed by atoms with Crippen LogP contribution in [0.25, 0.3) is 0 Å². The molecule has 0 fully saturated rings. The van der Waals surface area contributed by atoms with Crippen LogP contribution < -0.4 is 0 Å². The molecule has 0 saturated heterocycles. The summed E-state index contributed by atoms with van der Waals surface area (Å²) >= 11 is 0. The van der Waals surface area contributed by atoms with Crippen LogP contribution in [0.1, 0.15) is 30.5 Å². The van der Waals surface area contributed by atoms with Crippen molar-refractivity contribution in [2.75, 3.05) is 0 Å². The molecule has 0 aliphatic rings. The average molecular weight is 157 g/mol. The molecule has 0 N–H and O–H groups in total. The molecule has 1 rings (SSSR count). The molecule has 12 heavy (non-hydrogen) atoms. The summed E-state index contributed by atoms with van der Waals surface area (Å²) in [5, 5.41) is 0. The Bertz CT molecular complexity index is 302. The van der Waals surface area contributed by atoms with E-state index in [2.05, 4.69) is 31.9 Å². The zero-order valence-electron chi connectivity index (χ0n) is 7.65. The molecule has 1 aromatic rings. The fraction of sp³-hybridized carbons (Fsp3) is 0.333. The molecule has 0 aliphatic carbocycles. The first-order valence-electron chi connectivity index (χ1n) is 4.32. The minimum Gasteiger partial charge on any atom is -0.115 e. The minimum atomic E-state index is 0.865. The second kappa shape index (κ2) is 3.97. The normalized spacial score (nSPS) is 9.42. The van der Waals surface area contributed by atoms with Gasteiger partial charge >= 0.3 is 0 Å². The lowest BCUT2D eigenvalue weighted by atomic mass is 10.0. The van der Waals surface area contributed by atoms with Crippen LogP contribution in [-0.2, 0) is 12.8 Å². The number of hydrogen-bond acceptors (Lipinski definition) is 0. The van der Waals surface area contributed by atoms with E-state index >= 15 is 0 Å². The summed E-state index contributed by atoms with van der Waals surface area (Å²) in [6.07, 6.45) is 7.36. The summed E-state index contributed by atoms with van der Waals surface area (Å²) in [5.41, 5.74) is 3.48.